The zero-order valence-corrected chi connectivity index (χ0v) is 12.6. The zero-order chi connectivity index (χ0) is 12.8. The van der Waals surface area contributed by atoms with Crippen LogP contribution in [0.3, 0.4) is 0 Å². The van der Waals surface area contributed by atoms with Crippen molar-refractivity contribution >= 4 is 22.9 Å². The van der Waals surface area contributed by atoms with Gasteiger partial charge in [0.15, 0.2) is 0 Å². The molecule has 1 aromatic heterocycles. The van der Waals surface area contributed by atoms with E-state index in [-0.39, 0.29) is 12.1 Å². The second-order valence-corrected chi connectivity index (χ2v) is 6.09. The fourth-order valence-corrected chi connectivity index (χ4v) is 3.13. The Morgan fingerprint density at radius 1 is 1.35 bits per heavy atom. The molecule has 98 valence electrons. The topological polar surface area (TPSA) is 21.3 Å². The molecule has 2 unspecified atom stereocenters. The first-order valence-corrected chi connectivity index (χ1v) is 7.39. The molecule has 0 saturated heterocycles. The van der Waals surface area contributed by atoms with Crippen LogP contribution >= 0.6 is 22.9 Å². The minimum Gasteiger partial charge on any atom is -0.376 e. The molecule has 0 aromatic carbocycles. The van der Waals surface area contributed by atoms with Gasteiger partial charge in [0, 0.05) is 11.5 Å². The molecule has 17 heavy (non-hydrogen) atoms. The van der Waals surface area contributed by atoms with Crippen molar-refractivity contribution in [3.63, 3.8) is 0 Å². The summed E-state index contributed by atoms with van der Waals surface area (Å²) >= 11 is 7.65. The van der Waals surface area contributed by atoms with E-state index in [9.17, 15) is 0 Å². The Labute approximate surface area is 113 Å². The highest BCUT2D eigenvalue weighted by Gasteiger charge is 2.26. The summed E-state index contributed by atoms with van der Waals surface area (Å²) in [5.41, 5.74) is 0. The third-order valence-electron chi connectivity index (χ3n) is 2.67. The van der Waals surface area contributed by atoms with Crippen LogP contribution in [0.2, 0.25) is 4.34 Å². The number of rotatable bonds is 7. The van der Waals surface area contributed by atoms with Gasteiger partial charge in [-0.05, 0) is 31.5 Å². The van der Waals surface area contributed by atoms with Gasteiger partial charge in [0.25, 0.3) is 0 Å². The minimum absolute atomic E-state index is 0.190. The van der Waals surface area contributed by atoms with Crippen LogP contribution in [0.1, 0.15) is 38.6 Å². The average Bonchev–Trinajstić information content (AvgIpc) is 2.69. The molecule has 0 amide bonds. The van der Waals surface area contributed by atoms with E-state index < -0.39 is 0 Å². The second kappa shape index (κ2) is 7.37. The molecule has 0 saturated carbocycles. The van der Waals surface area contributed by atoms with Gasteiger partial charge in [-0.15, -0.1) is 11.3 Å². The van der Waals surface area contributed by atoms with E-state index in [2.05, 4.69) is 32.2 Å². The molecular weight excluding hydrogens is 254 g/mol. The van der Waals surface area contributed by atoms with E-state index in [1.54, 1.807) is 11.3 Å². The molecule has 2 nitrogen and oxygen atoms in total. The Morgan fingerprint density at radius 2 is 2.06 bits per heavy atom. The van der Waals surface area contributed by atoms with Crippen molar-refractivity contribution in [3.05, 3.63) is 21.3 Å². The minimum atomic E-state index is 0.190. The van der Waals surface area contributed by atoms with Gasteiger partial charge in [-0.25, -0.2) is 0 Å². The highest BCUT2D eigenvalue weighted by Crippen LogP contribution is 2.32. The number of hydrogen-bond donors (Lipinski definition) is 1. The maximum absolute atomic E-state index is 6.02. The Hall–Kier alpha value is -0.0900. The number of halogens is 1. The molecule has 0 radical (unpaired) electrons. The smallest absolute Gasteiger partial charge is 0.0931 e. The molecule has 0 bridgehead atoms. The van der Waals surface area contributed by atoms with E-state index in [0.29, 0.717) is 5.92 Å². The largest absolute Gasteiger partial charge is 0.376 e. The van der Waals surface area contributed by atoms with Gasteiger partial charge in [-0.1, -0.05) is 32.4 Å². The molecule has 0 fully saturated rings. The van der Waals surface area contributed by atoms with Gasteiger partial charge in [0.1, 0.15) is 0 Å². The Bertz CT molecular complexity index is 327. The van der Waals surface area contributed by atoms with Crippen LogP contribution in [-0.2, 0) is 4.74 Å². The summed E-state index contributed by atoms with van der Waals surface area (Å²) in [7, 11) is 0. The Morgan fingerprint density at radius 3 is 2.47 bits per heavy atom. The summed E-state index contributed by atoms with van der Waals surface area (Å²) < 4.78 is 6.72. The predicted octanol–water partition coefficient (Wildman–Crippen LogP) is 4.11. The van der Waals surface area contributed by atoms with E-state index >= 15 is 0 Å². The lowest BCUT2D eigenvalue weighted by Gasteiger charge is -2.30. The van der Waals surface area contributed by atoms with Crippen LogP contribution in [-0.4, -0.2) is 19.3 Å². The molecular formula is C13H22ClNOS. The van der Waals surface area contributed by atoms with Crippen molar-refractivity contribution in [2.45, 2.75) is 39.8 Å². The third-order valence-corrected chi connectivity index (χ3v) is 3.98. The lowest BCUT2D eigenvalue weighted by atomic mass is 9.98. The molecule has 1 N–H and O–H groups in total. The molecule has 1 heterocycles. The van der Waals surface area contributed by atoms with E-state index in [4.69, 9.17) is 16.3 Å². The maximum Gasteiger partial charge on any atom is 0.0931 e. The maximum atomic E-state index is 6.02. The molecule has 1 aromatic rings. The van der Waals surface area contributed by atoms with Crippen molar-refractivity contribution in [1.82, 2.24) is 5.32 Å². The Kier molecular flexibility index (Phi) is 6.49. The van der Waals surface area contributed by atoms with Crippen LogP contribution < -0.4 is 5.32 Å². The first-order chi connectivity index (χ1) is 8.10. The van der Waals surface area contributed by atoms with Crippen LogP contribution in [0.4, 0.5) is 0 Å². The number of nitrogens with one attached hydrogen (secondary N) is 1. The summed E-state index contributed by atoms with van der Waals surface area (Å²) in [6, 6.07) is 4.28. The van der Waals surface area contributed by atoms with Gasteiger partial charge >= 0.3 is 0 Å². The molecule has 4 heteroatoms. The van der Waals surface area contributed by atoms with E-state index in [1.165, 1.54) is 4.88 Å². The third kappa shape index (κ3) is 4.25. The average molecular weight is 276 g/mol. The van der Waals surface area contributed by atoms with E-state index in [0.717, 1.165) is 17.5 Å². The summed E-state index contributed by atoms with van der Waals surface area (Å²) in [6.07, 6.45) is 0.190. The van der Waals surface area contributed by atoms with Crippen LogP contribution in [0.25, 0.3) is 0 Å². The summed E-state index contributed by atoms with van der Waals surface area (Å²) in [6.45, 7) is 10.2. The van der Waals surface area contributed by atoms with Crippen LogP contribution in [0.15, 0.2) is 12.1 Å². The highest BCUT2D eigenvalue weighted by atomic mass is 35.5. The molecule has 0 aliphatic heterocycles. The zero-order valence-electron chi connectivity index (χ0n) is 11.0. The van der Waals surface area contributed by atoms with Crippen molar-refractivity contribution in [2.24, 2.45) is 5.92 Å². The first kappa shape index (κ1) is 15.0. The lowest BCUT2D eigenvalue weighted by molar-refractivity contribution is 0.00402. The number of hydrogen-bond acceptors (Lipinski definition) is 3. The monoisotopic (exact) mass is 275 g/mol. The quantitative estimate of drug-likeness (QED) is 0.808. The molecule has 0 aliphatic carbocycles. The summed E-state index contributed by atoms with van der Waals surface area (Å²) in [5.74, 6) is 0.472. The van der Waals surface area contributed by atoms with Crippen molar-refractivity contribution in [1.29, 1.82) is 0 Å². The standard InChI is InChI=1S/C13H22ClNOS/c1-5-15-12(10-7-8-11(14)17-10)13(9(3)4)16-6-2/h7-9,12-13,15H,5-6H2,1-4H3. The molecule has 0 spiro atoms. The fourth-order valence-electron chi connectivity index (χ4n) is 1.96. The van der Waals surface area contributed by atoms with Gasteiger partial charge < -0.3 is 10.1 Å². The number of likely N-dealkylation sites (N-methyl/N-ethyl adjacent to an activating group) is 1. The number of ether oxygens (including phenoxy) is 1. The van der Waals surface area contributed by atoms with Gasteiger partial charge in [-0.2, -0.15) is 0 Å². The van der Waals surface area contributed by atoms with Gasteiger partial charge in [0.05, 0.1) is 16.5 Å². The molecule has 0 aliphatic rings. The van der Waals surface area contributed by atoms with Crippen molar-refractivity contribution in [3.8, 4) is 0 Å². The molecule has 2 atom stereocenters. The highest BCUT2D eigenvalue weighted by molar-refractivity contribution is 7.16. The van der Waals surface area contributed by atoms with E-state index in [1.807, 2.05) is 13.0 Å². The van der Waals surface area contributed by atoms with Crippen molar-refractivity contribution < 1.29 is 4.74 Å². The van der Waals surface area contributed by atoms with Crippen LogP contribution in [0.5, 0.6) is 0 Å². The SMILES string of the molecule is CCNC(c1ccc(Cl)s1)C(OCC)C(C)C. The summed E-state index contributed by atoms with van der Waals surface area (Å²) in [4.78, 5) is 1.25. The molecule has 1 rings (SSSR count). The number of thiophene rings is 1. The van der Waals surface area contributed by atoms with Gasteiger partial charge in [0.2, 0.25) is 0 Å². The predicted molar refractivity (Wildman–Crippen MR) is 76.0 cm³/mol. The van der Waals surface area contributed by atoms with Gasteiger partial charge in [-0.3, -0.25) is 0 Å². The summed E-state index contributed by atoms with van der Waals surface area (Å²) in [5, 5.41) is 3.51. The fraction of sp³-hybridized carbons (Fsp3) is 0.692. The second-order valence-electron chi connectivity index (χ2n) is 4.34. The first-order valence-electron chi connectivity index (χ1n) is 6.20. The van der Waals surface area contributed by atoms with Crippen molar-refractivity contribution in [2.75, 3.05) is 13.2 Å². The normalized spacial score (nSPS) is 15.2. The lowest BCUT2D eigenvalue weighted by Crippen LogP contribution is -2.36. The Balaban J connectivity index is 2.89. The van der Waals surface area contributed by atoms with Crippen LogP contribution in [0, 0.1) is 5.92 Å².